The van der Waals surface area contributed by atoms with Gasteiger partial charge in [-0.25, -0.2) is 0 Å². The highest BCUT2D eigenvalue weighted by Gasteiger charge is 2.17. The molecule has 0 aliphatic heterocycles. The van der Waals surface area contributed by atoms with Crippen LogP contribution in [0.15, 0.2) is 42.5 Å². The van der Waals surface area contributed by atoms with Gasteiger partial charge in [-0.15, -0.1) is 0 Å². The summed E-state index contributed by atoms with van der Waals surface area (Å²) in [4.78, 5) is 12.5. The van der Waals surface area contributed by atoms with Crippen molar-refractivity contribution >= 4 is 11.6 Å². The van der Waals surface area contributed by atoms with E-state index >= 15 is 0 Å². The third kappa shape index (κ3) is 4.69. The van der Waals surface area contributed by atoms with Gasteiger partial charge in [0.2, 0.25) is 5.91 Å². The Bertz CT molecular complexity index is 753. The van der Waals surface area contributed by atoms with E-state index in [1.165, 1.54) is 12.8 Å². The molecule has 1 aliphatic carbocycles. The third-order valence-corrected chi connectivity index (χ3v) is 4.56. The van der Waals surface area contributed by atoms with E-state index in [0.717, 1.165) is 29.8 Å². The second kappa shape index (κ2) is 8.61. The van der Waals surface area contributed by atoms with Crippen molar-refractivity contribution in [2.24, 2.45) is 0 Å². The molecular formula is C21H25NO4. The maximum absolute atomic E-state index is 12.5. The fourth-order valence-corrected chi connectivity index (χ4v) is 3.24. The molecule has 1 saturated carbocycles. The van der Waals surface area contributed by atoms with Crippen LogP contribution in [0.4, 0.5) is 5.69 Å². The zero-order chi connectivity index (χ0) is 18.4. The first-order chi connectivity index (χ1) is 12.7. The molecule has 3 rings (SSSR count). The van der Waals surface area contributed by atoms with Crippen molar-refractivity contribution in [1.29, 1.82) is 0 Å². The minimum Gasteiger partial charge on any atom is -0.497 e. The Morgan fingerprint density at radius 3 is 2.58 bits per heavy atom. The predicted octanol–water partition coefficient (Wildman–Crippen LogP) is 4.21. The molecule has 2 aromatic carbocycles. The highest BCUT2D eigenvalue weighted by atomic mass is 16.5. The normalized spacial score (nSPS) is 14.1. The summed E-state index contributed by atoms with van der Waals surface area (Å²) in [6, 6.07) is 13.0. The molecule has 0 spiro atoms. The van der Waals surface area contributed by atoms with Crippen LogP contribution < -0.4 is 19.5 Å². The van der Waals surface area contributed by atoms with Crippen molar-refractivity contribution in [3.8, 4) is 17.2 Å². The van der Waals surface area contributed by atoms with Crippen LogP contribution >= 0.6 is 0 Å². The molecule has 26 heavy (non-hydrogen) atoms. The number of anilines is 1. The van der Waals surface area contributed by atoms with Crippen LogP contribution in [-0.4, -0.2) is 26.2 Å². The zero-order valence-electron chi connectivity index (χ0n) is 15.3. The fourth-order valence-electron chi connectivity index (χ4n) is 3.24. The van der Waals surface area contributed by atoms with Gasteiger partial charge in [-0.1, -0.05) is 6.07 Å². The monoisotopic (exact) mass is 355 g/mol. The molecule has 138 valence electrons. The largest absolute Gasteiger partial charge is 0.497 e. The Kier molecular flexibility index (Phi) is 6.00. The average Bonchev–Trinajstić information content (AvgIpc) is 3.14. The lowest BCUT2D eigenvalue weighted by Gasteiger charge is -2.14. The first-order valence-electron chi connectivity index (χ1n) is 8.95. The number of nitrogens with one attached hydrogen (secondary N) is 1. The second-order valence-electron chi connectivity index (χ2n) is 6.45. The number of ether oxygens (including phenoxy) is 3. The number of carbonyl (C=O) groups is 1. The molecule has 0 bridgehead atoms. The van der Waals surface area contributed by atoms with Crippen LogP contribution in [0.3, 0.4) is 0 Å². The molecule has 0 atom stereocenters. The molecule has 0 heterocycles. The van der Waals surface area contributed by atoms with Gasteiger partial charge in [-0.3, -0.25) is 4.79 Å². The second-order valence-corrected chi connectivity index (χ2v) is 6.45. The van der Waals surface area contributed by atoms with Crippen molar-refractivity contribution in [2.75, 3.05) is 19.5 Å². The van der Waals surface area contributed by atoms with Crippen LogP contribution in [0.1, 0.15) is 31.2 Å². The van der Waals surface area contributed by atoms with Crippen LogP contribution in [0.25, 0.3) is 0 Å². The summed E-state index contributed by atoms with van der Waals surface area (Å²) in [5.41, 5.74) is 1.51. The van der Waals surface area contributed by atoms with E-state index in [4.69, 9.17) is 14.2 Å². The van der Waals surface area contributed by atoms with Crippen molar-refractivity contribution < 1.29 is 19.0 Å². The minimum absolute atomic E-state index is 0.116. The van der Waals surface area contributed by atoms with E-state index in [0.29, 0.717) is 17.6 Å². The summed E-state index contributed by atoms with van der Waals surface area (Å²) in [7, 11) is 3.19. The SMILES string of the molecule is COc1ccc(OC)c(CC(=O)Nc2cccc(OC3CCCC3)c2)c1. The van der Waals surface area contributed by atoms with Crippen LogP contribution in [0.2, 0.25) is 0 Å². The zero-order valence-corrected chi connectivity index (χ0v) is 15.3. The molecule has 0 radical (unpaired) electrons. The highest BCUT2D eigenvalue weighted by molar-refractivity contribution is 5.92. The summed E-state index contributed by atoms with van der Waals surface area (Å²) in [6.07, 6.45) is 5.15. The van der Waals surface area contributed by atoms with Gasteiger partial charge in [-0.2, -0.15) is 0 Å². The van der Waals surface area contributed by atoms with Gasteiger partial charge in [0.05, 0.1) is 26.7 Å². The van der Waals surface area contributed by atoms with E-state index in [1.54, 1.807) is 20.3 Å². The Balaban J connectivity index is 1.64. The molecule has 1 amide bonds. The molecule has 1 aliphatic rings. The number of hydrogen-bond acceptors (Lipinski definition) is 4. The van der Waals surface area contributed by atoms with Crippen LogP contribution in [0, 0.1) is 0 Å². The van der Waals surface area contributed by atoms with Crippen LogP contribution in [-0.2, 0) is 11.2 Å². The standard InChI is InChI=1S/C21H25NO4/c1-24-18-10-11-20(25-2)15(12-18)13-21(23)22-16-6-5-9-19(14-16)26-17-7-3-4-8-17/h5-6,9-12,14,17H,3-4,7-8,13H2,1-2H3,(H,22,23). The van der Waals surface area contributed by atoms with E-state index in [1.807, 2.05) is 36.4 Å². The molecule has 0 saturated heterocycles. The number of amides is 1. The summed E-state index contributed by atoms with van der Waals surface area (Å²) >= 11 is 0. The first kappa shape index (κ1) is 18.1. The molecule has 0 aromatic heterocycles. The molecular weight excluding hydrogens is 330 g/mol. The smallest absolute Gasteiger partial charge is 0.228 e. The van der Waals surface area contributed by atoms with Gasteiger partial charge in [-0.05, 0) is 56.0 Å². The Hall–Kier alpha value is -2.69. The van der Waals surface area contributed by atoms with Crippen LogP contribution in [0.5, 0.6) is 17.2 Å². The molecule has 1 N–H and O–H groups in total. The number of benzene rings is 2. The summed E-state index contributed by atoms with van der Waals surface area (Å²) < 4.78 is 16.6. The van der Waals surface area contributed by atoms with Gasteiger partial charge in [0.15, 0.2) is 0 Å². The van der Waals surface area contributed by atoms with Crippen molar-refractivity contribution in [2.45, 2.75) is 38.2 Å². The van der Waals surface area contributed by atoms with E-state index in [2.05, 4.69) is 5.32 Å². The minimum atomic E-state index is -0.116. The Labute approximate surface area is 154 Å². The predicted molar refractivity (Wildman–Crippen MR) is 101 cm³/mol. The van der Waals surface area contributed by atoms with Crippen molar-refractivity contribution in [3.05, 3.63) is 48.0 Å². The topological polar surface area (TPSA) is 56.8 Å². The number of hydrogen-bond donors (Lipinski definition) is 1. The number of carbonyl (C=O) groups excluding carboxylic acids is 1. The van der Waals surface area contributed by atoms with Gasteiger partial charge >= 0.3 is 0 Å². The lowest BCUT2D eigenvalue weighted by molar-refractivity contribution is -0.115. The summed E-state index contributed by atoms with van der Waals surface area (Å²) in [6.45, 7) is 0. The fraction of sp³-hybridized carbons (Fsp3) is 0.381. The van der Waals surface area contributed by atoms with Gasteiger partial charge in [0.1, 0.15) is 17.2 Å². The third-order valence-electron chi connectivity index (χ3n) is 4.56. The lowest BCUT2D eigenvalue weighted by atomic mass is 10.1. The van der Waals surface area contributed by atoms with Crippen molar-refractivity contribution in [3.63, 3.8) is 0 Å². The van der Waals surface area contributed by atoms with E-state index in [9.17, 15) is 4.79 Å². The molecule has 5 heteroatoms. The summed E-state index contributed by atoms with van der Waals surface area (Å²) in [5, 5.41) is 2.93. The van der Waals surface area contributed by atoms with Gasteiger partial charge < -0.3 is 19.5 Å². The summed E-state index contributed by atoms with van der Waals surface area (Å²) in [5.74, 6) is 2.04. The van der Waals surface area contributed by atoms with E-state index < -0.39 is 0 Å². The molecule has 5 nitrogen and oxygen atoms in total. The first-order valence-corrected chi connectivity index (χ1v) is 8.95. The van der Waals surface area contributed by atoms with Gasteiger partial charge in [0.25, 0.3) is 0 Å². The Morgan fingerprint density at radius 1 is 1.04 bits per heavy atom. The number of rotatable bonds is 7. The van der Waals surface area contributed by atoms with Crippen molar-refractivity contribution in [1.82, 2.24) is 0 Å². The molecule has 1 fully saturated rings. The quantitative estimate of drug-likeness (QED) is 0.808. The lowest BCUT2D eigenvalue weighted by Crippen LogP contribution is -2.15. The maximum Gasteiger partial charge on any atom is 0.228 e. The highest BCUT2D eigenvalue weighted by Crippen LogP contribution is 2.27. The maximum atomic E-state index is 12.5. The Morgan fingerprint density at radius 2 is 1.85 bits per heavy atom. The number of methoxy groups -OCH3 is 2. The van der Waals surface area contributed by atoms with E-state index in [-0.39, 0.29) is 12.3 Å². The average molecular weight is 355 g/mol. The molecule has 2 aromatic rings. The van der Waals surface area contributed by atoms with Gasteiger partial charge in [0, 0.05) is 17.3 Å². The molecule has 0 unspecified atom stereocenters.